The Labute approximate surface area is 160 Å². The van der Waals surface area contributed by atoms with Crippen LogP contribution >= 0.6 is 0 Å². The maximum atomic E-state index is 12.2. The molecule has 2 aromatic carbocycles. The summed E-state index contributed by atoms with van der Waals surface area (Å²) in [5.74, 6) is 6.12. The van der Waals surface area contributed by atoms with E-state index in [0.29, 0.717) is 12.0 Å². The third kappa shape index (κ3) is 6.10. The molecule has 0 radical (unpaired) electrons. The van der Waals surface area contributed by atoms with Gasteiger partial charge in [0.25, 0.3) is 0 Å². The van der Waals surface area contributed by atoms with Gasteiger partial charge in [0.05, 0.1) is 11.4 Å². The summed E-state index contributed by atoms with van der Waals surface area (Å²) in [6.45, 7) is 5.26. The van der Waals surface area contributed by atoms with Gasteiger partial charge in [-0.25, -0.2) is 8.42 Å². The first kappa shape index (κ1) is 20.4. The number of hydrogen-bond acceptors (Lipinski definition) is 4. The number of carbonyl (C=O) groups is 1. The lowest BCUT2D eigenvalue weighted by molar-refractivity contribution is 0.101. The quantitative estimate of drug-likeness (QED) is 0.432. The van der Waals surface area contributed by atoms with Crippen molar-refractivity contribution in [1.29, 1.82) is 0 Å². The molecule has 140 valence electrons. The van der Waals surface area contributed by atoms with Crippen LogP contribution in [0.2, 0.25) is 0 Å². The lowest BCUT2D eigenvalue weighted by atomic mass is 10.1. The molecule has 0 aromatic heterocycles. The minimum absolute atomic E-state index is 0.0333. The molecule has 0 aliphatic heterocycles. The predicted molar refractivity (Wildman–Crippen MR) is 105 cm³/mol. The van der Waals surface area contributed by atoms with Crippen LogP contribution in [-0.4, -0.2) is 27.4 Å². The summed E-state index contributed by atoms with van der Waals surface area (Å²) in [7, 11) is -3.67. The van der Waals surface area contributed by atoms with Crippen LogP contribution < -0.4 is 9.46 Å². The van der Waals surface area contributed by atoms with E-state index in [2.05, 4.69) is 23.1 Å². The van der Waals surface area contributed by atoms with Crippen LogP contribution in [0.1, 0.15) is 22.8 Å². The normalized spacial score (nSPS) is 10.6. The maximum Gasteiger partial charge on any atom is 0.241 e. The highest BCUT2D eigenvalue weighted by molar-refractivity contribution is 7.89. The van der Waals surface area contributed by atoms with E-state index in [1.165, 1.54) is 31.2 Å². The number of ketones is 1. The number of nitrogens with one attached hydrogen (secondary N) is 1. The van der Waals surface area contributed by atoms with Gasteiger partial charge < -0.3 is 4.74 Å². The standard InChI is InChI=1S/C21H21NO4S/c1-3-8-19-9-4-5-10-21(19)26-16-7-6-15-22-27(24,25)20-13-11-18(12-14-20)17(2)23/h3-5,9-14,22H,1,8,15-16H2,2H3. The Bertz CT molecular complexity index is 967. The monoisotopic (exact) mass is 383 g/mol. The highest BCUT2D eigenvalue weighted by atomic mass is 32.2. The first-order valence-corrected chi connectivity index (χ1v) is 9.80. The summed E-state index contributed by atoms with van der Waals surface area (Å²) >= 11 is 0. The van der Waals surface area contributed by atoms with Gasteiger partial charge in [-0.1, -0.05) is 48.2 Å². The van der Waals surface area contributed by atoms with Crippen molar-refractivity contribution in [2.75, 3.05) is 13.2 Å². The van der Waals surface area contributed by atoms with E-state index in [1.54, 1.807) is 6.08 Å². The number of ether oxygens (including phenoxy) is 1. The molecule has 0 aliphatic rings. The van der Waals surface area contributed by atoms with E-state index in [0.717, 1.165) is 11.3 Å². The van der Waals surface area contributed by atoms with Crippen LogP contribution in [0, 0.1) is 11.8 Å². The Morgan fingerprint density at radius 2 is 1.85 bits per heavy atom. The van der Waals surface area contributed by atoms with Gasteiger partial charge in [0.1, 0.15) is 12.4 Å². The van der Waals surface area contributed by atoms with Gasteiger partial charge in [0, 0.05) is 5.56 Å². The average molecular weight is 383 g/mol. The van der Waals surface area contributed by atoms with Crippen LogP contribution in [-0.2, 0) is 16.4 Å². The van der Waals surface area contributed by atoms with Crippen molar-refractivity contribution in [3.8, 4) is 17.6 Å². The lowest BCUT2D eigenvalue weighted by Gasteiger charge is -2.07. The summed E-state index contributed by atoms with van der Waals surface area (Å²) in [5, 5.41) is 0. The molecule has 0 saturated carbocycles. The third-order valence-corrected chi connectivity index (χ3v) is 5.10. The fourth-order valence-corrected chi connectivity index (χ4v) is 3.20. The topological polar surface area (TPSA) is 72.5 Å². The lowest BCUT2D eigenvalue weighted by Crippen LogP contribution is -2.24. The van der Waals surface area contributed by atoms with Gasteiger partial charge in [-0.05, 0) is 37.1 Å². The van der Waals surface area contributed by atoms with Gasteiger partial charge in [-0.15, -0.1) is 6.58 Å². The number of hydrogen-bond donors (Lipinski definition) is 1. The van der Waals surface area contributed by atoms with Crippen molar-refractivity contribution >= 4 is 15.8 Å². The fraction of sp³-hybridized carbons (Fsp3) is 0.190. The van der Waals surface area contributed by atoms with Crippen LogP contribution in [0.25, 0.3) is 0 Å². The van der Waals surface area contributed by atoms with Crippen molar-refractivity contribution in [3.05, 3.63) is 72.3 Å². The number of carbonyl (C=O) groups excluding carboxylic acids is 1. The number of benzene rings is 2. The molecule has 5 nitrogen and oxygen atoms in total. The van der Waals surface area contributed by atoms with Crippen molar-refractivity contribution in [3.63, 3.8) is 0 Å². The highest BCUT2D eigenvalue weighted by Crippen LogP contribution is 2.18. The zero-order valence-corrected chi connectivity index (χ0v) is 15.9. The van der Waals surface area contributed by atoms with Gasteiger partial charge in [0.2, 0.25) is 10.0 Å². The first-order chi connectivity index (χ1) is 12.9. The van der Waals surface area contributed by atoms with E-state index in [4.69, 9.17) is 4.74 Å². The SMILES string of the molecule is C=CCc1ccccc1OCC#CCNS(=O)(=O)c1ccc(C(C)=O)cc1. The minimum Gasteiger partial charge on any atom is -0.481 e. The Morgan fingerprint density at radius 3 is 2.52 bits per heavy atom. The molecule has 0 fully saturated rings. The van der Waals surface area contributed by atoms with Crippen LogP contribution in [0.15, 0.2) is 66.1 Å². The first-order valence-electron chi connectivity index (χ1n) is 8.32. The van der Waals surface area contributed by atoms with Crippen LogP contribution in [0.4, 0.5) is 0 Å². The smallest absolute Gasteiger partial charge is 0.241 e. The van der Waals surface area contributed by atoms with Crippen molar-refractivity contribution in [2.24, 2.45) is 0 Å². The fourth-order valence-electron chi connectivity index (χ4n) is 2.28. The molecule has 2 aromatic rings. The largest absolute Gasteiger partial charge is 0.481 e. The van der Waals surface area contributed by atoms with Gasteiger partial charge in [-0.2, -0.15) is 4.72 Å². The molecule has 0 heterocycles. The second-order valence-electron chi connectivity index (χ2n) is 5.65. The predicted octanol–water partition coefficient (Wildman–Crippen LogP) is 2.98. The molecule has 0 amide bonds. The number of rotatable bonds is 8. The number of Topliss-reactive ketones (excluding diaryl/α,β-unsaturated/α-hetero) is 1. The highest BCUT2D eigenvalue weighted by Gasteiger charge is 2.13. The summed E-state index contributed by atoms with van der Waals surface area (Å²) < 4.78 is 32.4. The second kappa shape index (κ2) is 9.72. The average Bonchev–Trinajstić information content (AvgIpc) is 2.66. The molecular formula is C21H21NO4S. The molecule has 1 N–H and O–H groups in total. The zero-order valence-electron chi connectivity index (χ0n) is 15.1. The Balaban J connectivity index is 1.87. The van der Waals surface area contributed by atoms with E-state index in [1.807, 2.05) is 24.3 Å². The van der Waals surface area contributed by atoms with Gasteiger partial charge in [-0.3, -0.25) is 4.79 Å². The number of para-hydroxylation sites is 1. The zero-order chi connectivity index (χ0) is 19.7. The molecule has 6 heteroatoms. The van der Waals surface area contributed by atoms with Gasteiger partial charge in [0.15, 0.2) is 5.78 Å². The van der Waals surface area contributed by atoms with Crippen LogP contribution in [0.3, 0.4) is 0 Å². The van der Waals surface area contributed by atoms with E-state index in [-0.39, 0.29) is 23.8 Å². The third-order valence-electron chi connectivity index (χ3n) is 3.68. The Morgan fingerprint density at radius 1 is 1.15 bits per heavy atom. The van der Waals surface area contributed by atoms with Gasteiger partial charge >= 0.3 is 0 Å². The molecule has 27 heavy (non-hydrogen) atoms. The van der Waals surface area contributed by atoms with E-state index >= 15 is 0 Å². The summed E-state index contributed by atoms with van der Waals surface area (Å²) in [6, 6.07) is 13.4. The Hall–Kier alpha value is -2.88. The molecule has 0 saturated heterocycles. The molecule has 0 spiro atoms. The molecule has 2 rings (SSSR count). The summed E-state index contributed by atoms with van der Waals surface area (Å²) in [5.41, 5.74) is 1.48. The number of sulfonamides is 1. The van der Waals surface area contributed by atoms with E-state index in [9.17, 15) is 13.2 Å². The van der Waals surface area contributed by atoms with E-state index < -0.39 is 10.0 Å². The summed E-state index contributed by atoms with van der Waals surface area (Å²) in [4.78, 5) is 11.3. The summed E-state index contributed by atoms with van der Waals surface area (Å²) in [6.07, 6.45) is 2.50. The maximum absolute atomic E-state index is 12.2. The molecule has 0 atom stereocenters. The Kier molecular flexibility index (Phi) is 7.35. The van der Waals surface area contributed by atoms with Crippen molar-refractivity contribution < 1.29 is 17.9 Å². The molecule has 0 unspecified atom stereocenters. The second-order valence-corrected chi connectivity index (χ2v) is 7.41. The van der Waals surface area contributed by atoms with Crippen LogP contribution in [0.5, 0.6) is 5.75 Å². The minimum atomic E-state index is -3.67. The van der Waals surface area contributed by atoms with Crippen molar-refractivity contribution in [2.45, 2.75) is 18.2 Å². The molecular weight excluding hydrogens is 362 g/mol. The number of allylic oxidation sites excluding steroid dienone is 1. The molecule has 0 bridgehead atoms. The van der Waals surface area contributed by atoms with Crippen molar-refractivity contribution in [1.82, 2.24) is 4.72 Å². The molecule has 0 aliphatic carbocycles.